The summed E-state index contributed by atoms with van der Waals surface area (Å²) < 4.78 is 0. The molecule has 0 spiro atoms. The molecule has 0 saturated heterocycles. The standard InChI is InChI=1S/C22H42/c1-20(13-11-19-22-17-9-10-18-22)12-5-3-2-4-6-14-21-15-7-8-16-21/h20-22H,2-19H2,1H3. The lowest BCUT2D eigenvalue weighted by molar-refractivity contribution is 0.399. The topological polar surface area (TPSA) is 0 Å². The molecule has 22 heavy (non-hydrogen) atoms. The van der Waals surface area contributed by atoms with E-state index in [0.717, 1.165) is 17.8 Å². The van der Waals surface area contributed by atoms with E-state index in [4.69, 9.17) is 0 Å². The van der Waals surface area contributed by atoms with Crippen LogP contribution in [0.25, 0.3) is 0 Å². The third-order valence-electron chi connectivity index (χ3n) is 6.57. The highest BCUT2D eigenvalue weighted by Crippen LogP contribution is 2.30. The van der Waals surface area contributed by atoms with Crippen LogP contribution < -0.4 is 0 Å². The molecule has 2 fully saturated rings. The maximum Gasteiger partial charge on any atom is -0.0414 e. The minimum atomic E-state index is 0.986. The normalized spacial score (nSPS) is 21.7. The Bertz CT molecular complexity index is 245. The number of rotatable bonds is 12. The van der Waals surface area contributed by atoms with Crippen LogP contribution in [0.1, 0.15) is 122 Å². The molecule has 2 aliphatic rings. The maximum atomic E-state index is 2.49. The molecule has 1 unspecified atom stereocenters. The van der Waals surface area contributed by atoms with E-state index in [2.05, 4.69) is 6.92 Å². The largest absolute Gasteiger partial charge is 0.0625 e. The minimum Gasteiger partial charge on any atom is -0.0625 e. The molecule has 2 saturated carbocycles. The smallest absolute Gasteiger partial charge is 0.0414 e. The first-order valence-corrected chi connectivity index (χ1v) is 10.8. The van der Waals surface area contributed by atoms with Crippen LogP contribution in [0.4, 0.5) is 0 Å². The average Bonchev–Trinajstić information content (AvgIpc) is 3.19. The Morgan fingerprint density at radius 3 is 1.68 bits per heavy atom. The van der Waals surface area contributed by atoms with Crippen molar-refractivity contribution in [2.45, 2.75) is 122 Å². The summed E-state index contributed by atoms with van der Waals surface area (Å²) in [6.07, 6.45) is 27.3. The lowest BCUT2D eigenvalue weighted by Crippen LogP contribution is -1.98. The van der Waals surface area contributed by atoms with Crippen LogP contribution >= 0.6 is 0 Å². The molecule has 2 rings (SSSR count). The van der Waals surface area contributed by atoms with Gasteiger partial charge in [-0.3, -0.25) is 0 Å². The van der Waals surface area contributed by atoms with Crippen LogP contribution in [0.2, 0.25) is 0 Å². The lowest BCUT2D eigenvalue weighted by Gasteiger charge is -2.13. The number of hydrogen-bond donors (Lipinski definition) is 0. The van der Waals surface area contributed by atoms with E-state index in [1.165, 1.54) is 103 Å². The van der Waals surface area contributed by atoms with Crippen molar-refractivity contribution in [1.82, 2.24) is 0 Å². The summed E-state index contributed by atoms with van der Waals surface area (Å²) in [6.45, 7) is 2.49. The van der Waals surface area contributed by atoms with Crippen LogP contribution in [0.3, 0.4) is 0 Å². The summed E-state index contributed by atoms with van der Waals surface area (Å²) in [5.41, 5.74) is 0. The second kappa shape index (κ2) is 11.5. The Labute approximate surface area is 140 Å². The summed E-state index contributed by atoms with van der Waals surface area (Å²) in [5, 5.41) is 0. The van der Waals surface area contributed by atoms with E-state index in [-0.39, 0.29) is 0 Å². The van der Waals surface area contributed by atoms with E-state index >= 15 is 0 Å². The fraction of sp³-hybridized carbons (Fsp3) is 1.00. The van der Waals surface area contributed by atoms with E-state index in [0.29, 0.717) is 0 Å². The molecule has 130 valence electrons. The van der Waals surface area contributed by atoms with Crippen LogP contribution in [0, 0.1) is 17.8 Å². The molecular formula is C22H42. The van der Waals surface area contributed by atoms with E-state index < -0.39 is 0 Å². The molecule has 0 heterocycles. The second-order valence-corrected chi connectivity index (χ2v) is 8.68. The molecule has 0 nitrogen and oxygen atoms in total. The van der Waals surface area contributed by atoms with Gasteiger partial charge in [0.05, 0.1) is 0 Å². The maximum absolute atomic E-state index is 2.49. The van der Waals surface area contributed by atoms with Gasteiger partial charge >= 0.3 is 0 Å². The van der Waals surface area contributed by atoms with Crippen molar-refractivity contribution in [1.29, 1.82) is 0 Å². The Morgan fingerprint density at radius 2 is 1.05 bits per heavy atom. The predicted octanol–water partition coefficient (Wildman–Crippen LogP) is 7.90. The molecule has 0 aliphatic heterocycles. The van der Waals surface area contributed by atoms with Crippen LogP contribution in [0.5, 0.6) is 0 Å². The summed E-state index contributed by atoms with van der Waals surface area (Å²) in [6, 6.07) is 0. The second-order valence-electron chi connectivity index (χ2n) is 8.68. The zero-order valence-corrected chi connectivity index (χ0v) is 15.5. The molecule has 0 amide bonds. The molecule has 0 aromatic carbocycles. The SMILES string of the molecule is CC(CCCCCCCC1CCCC1)CCCC1CCCC1. The quantitative estimate of drug-likeness (QED) is 0.321. The third-order valence-corrected chi connectivity index (χ3v) is 6.57. The average molecular weight is 307 g/mol. The Hall–Kier alpha value is 0. The summed E-state index contributed by atoms with van der Waals surface area (Å²) >= 11 is 0. The molecule has 1 atom stereocenters. The van der Waals surface area contributed by atoms with Crippen LogP contribution in [-0.2, 0) is 0 Å². The molecule has 0 aromatic rings. The van der Waals surface area contributed by atoms with Crippen molar-refractivity contribution in [2.24, 2.45) is 17.8 Å². The van der Waals surface area contributed by atoms with Gasteiger partial charge in [-0.2, -0.15) is 0 Å². The monoisotopic (exact) mass is 306 g/mol. The predicted molar refractivity (Wildman–Crippen MR) is 99.3 cm³/mol. The van der Waals surface area contributed by atoms with Crippen molar-refractivity contribution in [3.63, 3.8) is 0 Å². The van der Waals surface area contributed by atoms with E-state index in [1.807, 2.05) is 0 Å². The Morgan fingerprint density at radius 1 is 0.591 bits per heavy atom. The van der Waals surface area contributed by atoms with Crippen molar-refractivity contribution < 1.29 is 0 Å². The fourth-order valence-corrected chi connectivity index (χ4v) is 4.95. The van der Waals surface area contributed by atoms with Crippen molar-refractivity contribution >= 4 is 0 Å². The van der Waals surface area contributed by atoms with Gasteiger partial charge in [0.25, 0.3) is 0 Å². The van der Waals surface area contributed by atoms with Gasteiger partial charge in [-0.15, -0.1) is 0 Å². The van der Waals surface area contributed by atoms with Gasteiger partial charge in [0.1, 0.15) is 0 Å². The first kappa shape index (κ1) is 18.3. The first-order chi connectivity index (χ1) is 10.8. The van der Waals surface area contributed by atoms with Gasteiger partial charge in [0.2, 0.25) is 0 Å². The first-order valence-electron chi connectivity index (χ1n) is 10.8. The minimum absolute atomic E-state index is 0.986. The highest BCUT2D eigenvalue weighted by molar-refractivity contribution is 4.68. The summed E-state index contributed by atoms with van der Waals surface area (Å²) in [7, 11) is 0. The van der Waals surface area contributed by atoms with Gasteiger partial charge in [-0.05, 0) is 17.8 Å². The molecule has 2 aliphatic carbocycles. The fourth-order valence-electron chi connectivity index (χ4n) is 4.95. The van der Waals surface area contributed by atoms with Crippen molar-refractivity contribution in [2.75, 3.05) is 0 Å². The highest BCUT2D eigenvalue weighted by Gasteiger charge is 2.15. The molecule has 0 bridgehead atoms. The van der Waals surface area contributed by atoms with E-state index in [9.17, 15) is 0 Å². The summed E-state index contributed by atoms with van der Waals surface area (Å²) in [4.78, 5) is 0. The van der Waals surface area contributed by atoms with Crippen LogP contribution in [0.15, 0.2) is 0 Å². The van der Waals surface area contributed by atoms with Gasteiger partial charge in [-0.25, -0.2) is 0 Å². The Kier molecular flexibility index (Phi) is 9.61. The van der Waals surface area contributed by atoms with E-state index in [1.54, 1.807) is 12.8 Å². The molecular weight excluding hydrogens is 264 g/mol. The number of hydrogen-bond acceptors (Lipinski definition) is 0. The van der Waals surface area contributed by atoms with Crippen molar-refractivity contribution in [3.8, 4) is 0 Å². The third kappa shape index (κ3) is 8.02. The van der Waals surface area contributed by atoms with Gasteiger partial charge in [0, 0.05) is 0 Å². The molecule has 0 radical (unpaired) electrons. The van der Waals surface area contributed by atoms with Crippen molar-refractivity contribution in [3.05, 3.63) is 0 Å². The van der Waals surface area contributed by atoms with Gasteiger partial charge in [0.15, 0.2) is 0 Å². The molecule has 0 aromatic heterocycles. The Balaban J connectivity index is 1.32. The van der Waals surface area contributed by atoms with Gasteiger partial charge in [-0.1, -0.05) is 122 Å². The zero-order valence-electron chi connectivity index (χ0n) is 15.5. The zero-order chi connectivity index (χ0) is 15.5. The molecule has 0 heteroatoms. The summed E-state index contributed by atoms with van der Waals surface area (Å²) in [5.74, 6) is 3.20. The molecule has 0 N–H and O–H groups in total. The van der Waals surface area contributed by atoms with Gasteiger partial charge < -0.3 is 0 Å². The highest BCUT2D eigenvalue weighted by atomic mass is 14.2. The number of unbranched alkanes of at least 4 members (excludes halogenated alkanes) is 4. The van der Waals surface area contributed by atoms with Crippen LogP contribution in [-0.4, -0.2) is 0 Å². The lowest BCUT2D eigenvalue weighted by atomic mass is 9.93.